The van der Waals surface area contributed by atoms with Gasteiger partial charge in [0.2, 0.25) is 0 Å². The van der Waals surface area contributed by atoms with Crippen LogP contribution in [-0.2, 0) is 4.79 Å². The Balaban J connectivity index is 1.91. The number of aliphatic hydroxyl groups is 2. The zero-order chi connectivity index (χ0) is 14.7. The highest BCUT2D eigenvalue weighted by molar-refractivity contribution is 5.81. The Morgan fingerprint density at radius 3 is 2.85 bits per heavy atom. The standard InChI is InChI=1S/C17H28O3/c1-3-4-5-11(2)16(19)7-6-14-15-10-13(18)8-12(15)9-17(14)20/h6-7,11-12,14-17,19-20H,3-5,8-10H2,1-2H3/b7-6+/t11?,12-,14+,15-,16?,17+/m0/s1. The van der Waals surface area contributed by atoms with E-state index in [-0.39, 0.29) is 17.9 Å². The van der Waals surface area contributed by atoms with E-state index in [1.54, 1.807) is 0 Å². The largest absolute Gasteiger partial charge is 0.392 e. The van der Waals surface area contributed by atoms with Crippen LogP contribution >= 0.6 is 0 Å². The number of hydrogen-bond acceptors (Lipinski definition) is 3. The van der Waals surface area contributed by atoms with Crippen molar-refractivity contribution in [3.8, 4) is 0 Å². The minimum atomic E-state index is -0.440. The number of Topliss-reactive ketones (excluding diaryl/α,β-unsaturated/α-hetero) is 1. The summed E-state index contributed by atoms with van der Waals surface area (Å²) in [5.74, 6) is 1.31. The summed E-state index contributed by atoms with van der Waals surface area (Å²) >= 11 is 0. The van der Waals surface area contributed by atoms with Crippen LogP contribution in [0.25, 0.3) is 0 Å². The molecule has 2 aliphatic carbocycles. The highest BCUT2D eigenvalue weighted by atomic mass is 16.3. The zero-order valence-corrected chi connectivity index (χ0v) is 12.7. The molecule has 0 bridgehead atoms. The molecule has 0 saturated heterocycles. The van der Waals surface area contributed by atoms with Crippen molar-refractivity contribution in [1.82, 2.24) is 0 Å². The van der Waals surface area contributed by atoms with Crippen molar-refractivity contribution in [2.75, 3.05) is 0 Å². The predicted molar refractivity (Wildman–Crippen MR) is 79.2 cm³/mol. The highest BCUT2D eigenvalue weighted by Crippen LogP contribution is 2.46. The number of carbonyl (C=O) groups excluding carboxylic acids is 1. The highest BCUT2D eigenvalue weighted by Gasteiger charge is 2.46. The van der Waals surface area contributed by atoms with Gasteiger partial charge in [-0.3, -0.25) is 4.79 Å². The number of ketones is 1. The van der Waals surface area contributed by atoms with Crippen molar-refractivity contribution in [3.63, 3.8) is 0 Å². The van der Waals surface area contributed by atoms with Crippen LogP contribution in [0.15, 0.2) is 12.2 Å². The molecule has 0 aromatic rings. The smallest absolute Gasteiger partial charge is 0.133 e. The topological polar surface area (TPSA) is 57.5 Å². The molecule has 0 radical (unpaired) electrons. The minimum absolute atomic E-state index is 0.0551. The Labute approximate surface area is 122 Å². The second-order valence-corrected chi connectivity index (χ2v) is 6.75. The summed E-state index contributed by atoms with van der Waals surface area (Å²) in [6.07, 6.45) is 8.34. The average molecular weight is 280 g/mol. The summed E-state index contributed by atoms with van der Waals surface area (Å²) < 4.78 is 0. The third-order valence-electron chi connectivity index (χ3n) is 5.17. The fourth-order valence-corrected chi connectivity index (χ4v) is 3.82. The molecule has 2 unspecified atom stereocenters. The number of unbranched alkanes of at least 4 members (excludes halogenated alkanes) is 1. The van der Waals surface area contributed by atoms with E-state index in [1.165, 1.54) is 0 Å². The Morgan fingerprint density at radius 2 is 2.15 bits per heavy atom. The lowest BCUT2D eigenvalue weighted by Crippen LogP contribution is -2.20. The molecule has 0 aromatic heterocycles. The lowest BCUT2D eigenvalue weighted by Gasteiger charge is -2.19. The van der Waals surface area contributed by atoms with Gasteiger partial charge in [-0.15, -0.1) is 0 Å². The molecule has 0 amide bonds. The summed E-state index contributed by atoms with van der Waals surface area (Å²) in [4.78, 5) is 11.5. The van der Waals surface area contributed by atoms with E-state index in [4.69, 9.17) is 0 Å². The average Bonchev–Trinajstić information content (AvgIpc) is 2.88. The summed E-state index contributed by atoms with van der Waals surface area (Å²) in [5, 5.41) is 20.3. The van der Waals surface area contributed by atoms with Gasteiger partial charge in [-0.1, -0.05) is 38.8 Å². The van der Waals surface area contributed by atoms with Crippen LogP contribution < -0.4 is 0 Å². The van der Waals surface area contributed by atoms with Gasteiger partial charge in [-0.2, -0.15) is 0 Å². The molecule has 114 valence electrons. The summed E-state index contributed by atoms with van der Waals surface area (Å²) in [5.41, 5.74) is 0. The molecule has 3 nitrogen and oxygen atoms in total. The van der Waals surface area contributed by atoms with Crippen LogP contribution in [0.5, 0.6) is 0 Å². The molecule has 3 heteroatoms. The lowest BCUT2D eigenvalue weighted by molar-refractivity contribution is -0.118. The number of rotatable bonds is 6. The van der Waals surface area contributed by atoms with Crippen LogP contribution in [0.1, 0.15) is 52.4 Å². The Bertz CT molecular complexity index is 363. The van der Waals surface area contributed by atoms with Gasteiger partial charge in [0.05, 0.1) is 12.2 Å². The van der Waals surface area contributed by atoms with Crippen molar-refractivity contribution >= 4 is 5.78 Å². The molecule has 0 spiro atoms. The molecule has 2 rings (SSSR count). The first-order valence-corrected chi connectivity index (χ1v) is 8.09. The van der Waals surface area contributed by atoms with E-state index in [2.05, 4.69) is 13.8 Å². The van der Waals surface area contributed by atoms with Crippen LogP contribution in [-0.4, -0.2) is 28.2 Å². The van der Waals surface area contributed by atoms with Gasteiger partial charge in [0.25, 0.3) is 0 Å². The van der Waals surface area contributed by atoms with Crippen molar-refractivity contribution in [3.05, 3.63) is 12.2 Å². The predicted octanol–water partition coefficient (Wildman–Crippen LogP) is 2.71. The van der Waals surface area contributed by atoms with Gasteiger partial charge in [0.15, 0.2) is 0 Å². The van der Waals surface area contributed by atoms with Gasteiger partial charge in [0.1, 0.15) is 5.78 Å². The molecule has 2 fully saturated rings. The van der Waals surface area contributed by atoms with Crippen LogP contribution in [0.4, 0.5) is 0 Å². The van der Waals surface area contributed by atoms with Crippen LogP contribution in [0.3, 0.4) is 0 Å². The zero-order valence-electron chi connectivity index (χ0n) is 12.7. The molecule has 6 atom stereocenters. The maximum absolute atomic E-state index is 11.5. The fraction of sp³-hybridized carbons (Fsp3) is 0.824. The molecule has 2 aliphatic rings. The van der Waals surface area contributed by atoms with Gasteiger partial charge >= 0.3 is 0 Å². The van der Waals surface area contributed by atoms with E-state index in [9.17, 15) is 15.0 Å². The quantitative estimate of drug-likeness (QED) is 0.736. The summed E-state index contributed by atoms with van der Waals surface area (Å²) in [7, 11) is 0. The van der Waals surface area contributed by atoms with Crippen LogP contribution in [0.2, 0.25) is 0 Å². The Kier molecular flexibility index (Phi) is 5.39. The van der Waals surface area contributed by atoms with Gasteiger partial charge in [-0.25, -0.2) is 0 Å². The first-order chi connectivity index (χ1) is 9.52. The summed E-state index contributed by atoms with van der Waals surface area (Å²) in [6.45, 7) is 4.22. The normalized spacial score (nSPS) is 36.5. The van der Waals surface area contributed by atoms with Crippen LogP contribution in [0, 0.1) is 23.7 Å². The number of aliphatic hydroxyl groups excluding tert-OH is 2. The molecule has 0 aromatic carbocycles. The van der Waals surface area contributed by atoms with E-state index >= 15 is 0 Å². The van der Waals surface area contributed by atoms with E-state index in [1.807, 2.05) is 12.2 Å². The lowest BCUT2D eigenvalue weighted by atomic mass is 9.89. The number of fused-ring (bicyclic) bond motifs is 1. The monoisotopic (exact) mass is 280 g/mol. The van der Waals surface area contributed by atoms with E-state index < -0.39 is 6.10 Å². The van der Waals surface area contributed by atoms with Gasteiger partial charge < -0.3 is 10.2 Å². The molecule has 0 heterocycles. The summed E-state index contributed by atoms with van der Waals surface area (Å²) in [6, 6.07) is 0. The maximum atomic E-state index is 11.5. The Hall–Kier alpha value is -0.670. The molecule has 20 heavy (non-hydrogen) atoms. The fourth-order valence-electron chi connectivity index (χ4n) is 3.82. The number of carbonyl (C=O) groups is 1. The third-order valence-corrected chi connectivity index (χ3v) is 5.17. The molecular formula is C17H28O3. The van der Waals surface area contributed by atoms with Crippen molar-refractivity contribution in [1.29, 1.82) is 0 Å². The van der Waals surface area contributed by atoms with Gasteiger partial charge in [0, 0.05) is 18.8 Å². The van der Waals surface area contributed by atoms with Crippen molar-refractivity contribution in [2.24, 2.45) is 23.7 Å². The van der Waals surface area contributed by atoms with Crippen molar-refractivity contribution in [2.45, 2.75) is 64.6 Å². The van der Waals surface area contributed by atoms with Crippen molar-refractivity contribution < 1.29 is 15.0 Å². The Morgan fingerprint density at radius 1 is 1.40 bits per heavy atom. The van der Waals surface area contributed by atoms with E-state index in [0.29, 0.717) is 30.5 Å². The first-order valence-electron chi connectivity index (χ1n) is 8.09. The molecule has 0 aliphatic heterocycles. The number of hydrogen-bond donors (Lipinski definition) is 2. The second kappa shape index (κ2) is 6.86. The molecule has 2 saturated carbocycles. The van der Waals surface area contributed by atoms with E-state index in [0.717, 1.165) is 25.7 Å². The van der Waals surface area contributed by atoms with Gasteiger partial charge in [-0.05, 0) is 30.6 Å². The second-order valence-electron chi connectivity index (χ2n) is 6.75. The maximum Gasteiger partial charge on any atom is 0.133 e. The third kappa shape index (κ3) is 3.50. The SMILES string of the molecule is CCCCC(C)C(O)/C=C/[C@@H]1[C@H]2CC(=O)C[C@H]2C[C@H]1O. The first kappa shape index (κ1) is 15.7. The molecule has 2 N–H and O–H groups in total. The minimum Gasteiger partial charge on any atom is -0.392 e. The molecular weight excluding hydrogens is 252 g/mol.